The van der Waals surface area contributed by atoms with Crippen LogP contribution in [0, 0.1) is 13.8 Å². The third-order valence-electron chi connectivity index (χ3n) is 4.08. The normalized spacial score (nSPS) is 10.5. The van der Waals surface area contributed by atoms with E-state index < -0.39 is 11.8 Å². The molecule has 2 amide bonds. The maximum Gasteiger partial charge on any atom is 0.273 e. The number of halogens is 1. The summed E-state index contributed by atoms with van der Waals surface area (Å²) in [6, 6.07) is 10.5. The summed E-state index contributed by atoms with van der Waals surface area (Å²) < 4.78 is 6.71. The molecule has 0 fully saturated rings. The fraction of sp³-hybridized carbons (Fsp3) is 0.211. The van der Waals surface area contributed by atoms with Gasteiger partial charge in [-0.1, -0.05) is 41.1 Å². The van der Waals surface area contributed by atoms with Crippen LogP contribution in [0.4, 0.5) is 0 Å². The van der Waals surface area contributed by atoms with Crippen molar-refractivity contribution in [1.82, 2.24) is 31.1 Å². The fourth-order valence-electron chi connectivity index (χ4n) is 2.68. The minimum absolute atomic E-state index is 0.00174. The first-order valence-electron chi connectivity index (χ1n) is 8.80. The molecule has 0 aliphatic carbocycles. The van der Waals surface area contributed by atoms with Crippen LogP contribution < -0.4 is 15.6 Å². The molecule has 3 aromatic rings. The lowest BCUT2D eigenvalue weighted by Gasteiger charge is -2.11. The van der Waals surface area contributed by atoms with E-state index in [2.05, 4.69) is 26.4 Å². The Labute approximate surface area is 182 Å². The molecule has 11 heteroatoms. The zero-order chi connectivity index (χ0) is 21.7. The Bertz CT molecular complexity index is 1090. The molecular formula is C19H19ClN6O3S. The molecule has 0 saturated heterocycles. The molecule has 156 valence electrons. The van der Waals surface area contributed by atoms with Gasteiger partial charge in [-0.25, -0.2) is 0 Å². The predicted molar refractivity (Wildman–Crippen MR) is 113 cm³/mol. The molecule has 0 saturated carbocycles. The van der Waals surface area contributed by atoms with E-state index >= 15 is 0 Å². The Morgan fingerprint density at radius 2 is 1.97 bits per heavy atom. The highest BCUT2D eigenvalue weighted by atomic mass is 35.5. The van der Waals surface area contributed by atoms with Gasteiger partial charge in [0.25, 0.3) is 5.91 Å². The first-order chi connectivity index (χ1) is 14.4. The number of carbonyl (C=O) groups excluding carboxylic acids is 2. The maximum atomic E-state index is 12.3. The van der Waals surface area contributed by atoms with Gasteiger partial charge in [-0.15, -0.1) is 5.10 Å². The van der Waals surface area contributed by atoms with Gasteiger partial charge in [-0.3, -0.25) is 20.4 Å². The topological polar surface area (TPSA) is 111 Å². The van der Waals surface area contributed by atoms with Crippen LogP contribution in [0.15, 0.2) is 41.6 Å². The number of aromatic nitrogens is 4. The number of hydrazine groups is 1. The van der Waals surface area contributed by atoms with E-state index in [0.29, 0.717) is 15.9 Å². The molecular weight excluding hydrogens is 428 g/mol. The van der Waals surface area contributed by atoms with Crippen molar-refractivity contribution >= 4 is 35.2 Å². The van der Waals surface area contributed by atoms with Crippen LogP contribution in [-0.4, -0.2) is 44.9 Å². The standard InChI is InChI=1S/C19H19ClN6O3S/c1-11-4-6-15(12(2)8-11)26-19(23-24-25-26)30-10-17(27)21-22-18(28)14-9-13(20)5-7-16(14)29-3/h4-9H,10H2,1-3H3,(H,21,27)(H,22,28). The van der Waals surface area contributed by atoms with Crippen molar-refractivity contribution in [3.05, 3.63) is 58.1 Å². The minimum Gasteiger partial charge on any atom is -0.496 e. The number of rotatable bonds is 6. The van der Waals surface area contributed by atoms with Crippen LogP contribution >= 0.6 is 23.4 Å². The zero-order valence-electron chi connectivity index (χ0n) is 16.5. The van der Waals surface area contributed by atoms with Crippen molar-refractivity contribution < 1.29 is 14.3 Å². The van der Waals surface area contributed by atoms with Gasteiger partial charge in [-0.2, -0.15) is 4.68 Å². The molecule has 0 radical (unpaired) electrons. The number of tetrazole rings is 1. The summed E-state index contributed by atoms with van der Waals surface area (Å²) in [4.78, 5) is 24.5. The van der Waals surface area contributed by atoms with Crippen LogP contribution in [0.2, 0.25) is 5.02 Å². The third-order valence-corrected chi connectivity index (χ3v) is 5.23. The van der Waals surface area contributed by atoms with Gasteiger partial charge in [0.1, 0.15) is 5.75 Å². The SMILES string of the molecule is COc1ccc(Cl)cc1C(=O)NNC(=O)CSc1nnnn1-c1ccc(C)cc1C. The number of hydrogen-bond donors (Lipinski definition) is 2. The number of methoxy groups -OCH3 is 1. The molecule has 2 N–H and O–H groups in total. The highest BCUT2D eigenvalue weighted by Crippen LogP contribution is 2.23. The number of carbonyl (C=O) groups is 2. The number of ether oxygens (including phenoxy) is 1. The van der Waals surface area contributed by atoms with E-state index in [1.165, 1.54) is 13.2 Å². The first-order valence-corrected chi connectivity index (χ1v) is 10.2. The number of nitrogens with zero attached hydrogens (tertiary/aromatic N) is 4. The van der Waals surface area contributed by atoms with Crippen molar-refractivity contribution in [3.63, 3.8) is 0 Å². The van der Waals surface area contributed by atoms with Crippen LogP contribution in [0.25, 0.3) is 5.69 Å². The maximum absolute atomic E-state index is 12.3. The van der Waals surface area contributed by atoms with E-state index in [1.807, 2.05) is 32.0 Å². The molecule has 0 aliphatic rings. The summed E-state index contributed by atoms with van der Waals surface area (Å²) >= 11 is 7.07. The lowest BCUT2D eigenvalue weighted by atomic mass is 10.1. The molecule has 30 heavy (non-hydrogen) atoms. The lowest BCUT2D eigenvalue weighted by molar-refractivity contribution is -0.119. The molecule has 0 spiro atoms. The number of thioether (sulfide) groups is 1. The van der Waals surface area contributed by atoms with Gasteiger partial charge >= 0.3 is 0 Å². The fourth-order valence-corrected chi connectivity index (χ4v) is 3.54. The van der Waals surface area contributed by atoms with Gasteiger partial charge in [0.05, 0.1) is 24.1 Å². The number of nitrogens with one attached hydrogen (secondary N) is 2. The van der Waals surface area contributed by atoms with Crippen molar-refractivity contribution in [2.24, 2.45) is 0 Å². The quantitative estimate of drug-likeness (QED) is 0.442. The van der Waals surface area contributed by atoms with Gasteiger partial charge in [0, 0.05) is 5.02 Å². The monoisotopic (exact) mass is 446 g/mol. The molecule has 0 atom stereocenters. The highest BCUT2D eigenvalue weighted by molar-refractivity contribution is 7.99. The molecule has 0 unspecified atom stereocenters. The van der Waals surface area contributed by atoms with E-state index in [1.54, 1.807) is 16.8 Å². The second-order valence-electron chi connectivity index (χ2n) is 6.30. The van der Waals surface area contributed by atoms with E-state index in [9.17, 15) is 9.59 Å². The van der Waals surface area contributed by atoms with E-state index in [4.69, 9.17) is 16.3 Å². The number of amides is 2. The second-order valence-corrected chi connectivity index (χ2v) is 7.68. The smallest absolute Gasteiger partial charge is 0.273 e. The van der Waals surface area contributed by atoms with Gasteiger partial charge in [0.15, 0.2) is 0 Å². The van der Waals surface area contributed by atoms with Gasteiger partial charge < -0.3 is 4.74 Å². The molecule has 0 aliphatic heterocycles. The zero-order valence-corrected chi connectivity index (χ0v) is 18.0. The summed E-state index contributed by atoms with van der Waals surface area (Å²) in [6.45, 7) is 3.97. The van der Waals surface area contributed by atoms with Gasteiger partial charge in [-0.05, 0) is 54.1 Å². The van der Waals surface area contributed by atoms with E-state index in [0.717, 1.165) is 28.6 Å². The Kier molecular flexibility index (Phi) is 6.91. The average Bonchev–Trinajstić information content (AvgIpc) is 3.18. The third kappa shape index (κ3) is 5.08. The van der Waals surface area contributed by atoms with Crippen molar-refractivity contribution in [1.29, 1.82) is 0 Å². The Balaban J connectivity index is 1.59. The number of hydrogen-bond acceptors (Lipinski definition) is 7. The van der Waals surface area contributed by atoms with Crippen molar-refractivity contribution in [2.75, 3.05) is 12.9 Å². The molecule has 9 nitrogen and oxygen atoms in total. The predicted octanol–water partition coefficient (Wildman–Crippen LogP) is 2.49. The summed E-state index contributed by atoms with van der Waals surface area (Å²) in [7, 11) is 1.44. The highest BCUT2D eigenvalue weighted by Gasteiger charge is 2.16. The largest absolute Gasteiger partial charge is 0.496 e. The molecule has 1 aromatic heterocycles. The molecule has 3 rings (SSSR count). The van der Waals surface area contributed by atoms with Crippen LogP contribution in [0.5, 0.6) is 5.75 Å². The average molecular weight is 447 g/mol. The van der Waals surface area contributed by atoms with Gasteiger partial charge in [0.2, 0.25) is 11.1 Å². The van der Waals surface area contributed by atoms with Crippen molar-refractivity contribution in [3.8, 4) is 11.4 Å². The number of benzene rings is 2. The molecule has 1 heterocycles. The van der Waals surface area contributed by atoms with Crippen LogP contribution in [-0.2, 0) is 4.79 Å². The van der Waals surface area contributed by atoms with Crippen molar-refractivity contribution in [2.45, 2.75) is 19.0 Å². The Hall–Kier alpha value is -3.11. The number of aryl methyl sites for hydroxylation is 2. The Morgan fingerprint density at radius 1 is 1.17 bits per heavy atom. The van der Waals surface area contributed by atoms with Crippen LogP contribution in [0.3, 0.4) is 0 Å². The summed E-state index contributed by atoms with van der Waals surface area (Å²) in [5, 5.41) is 12.5. The summed E-state index contributed by atoms with van der Waals surface area (Å²) in [5.74, 6) is -0.636. The molecule has 0 bridgehead atoms. The lowest BCUT2D eigenvalue weighted by Crippen LogP contribution is -2.42. The minimum atomic E-state index is -0.548. The van der Waals surface area contributed by atoms with E-state index in [-0.39, 0.29) is 11.3 Å². The summed E-state index contributed by atoms with van der Waals surface area (Å²) in [5.41, 5.74) is 7.87. The Morgan fingerprint density at radius 3 is 2.70 bits per heavy atom. The van der Waals surface area contributed by atoms with Crippen LogP contribution in [0.1, 0.15) is 21.5 Å². The molecule has 2 aromatic carbocycles. The first kappa shape index (κ1) is 21.6. The summed E-state index contributed by atoms with van der Waals surface area (Å²) in [6.07, 6.45) is 0. The second kappa shape index (κ2) is 9.59.